The normalized spacial score (nSPS) is 27.1. The molecule has 0 spiro atoms. The first-order valence-electron chi connectivity index (χ1n) is 8.12. The van der Waals surface area contributed by atoms with Crippen molar-refractivity contribution in [3.8, 4) is 0 Å². The molecule has 2 aromatic heterocycles. The van der Waals surface area contributed by atoms with Gasteiger partial charge in [-0.3, -0.25) is 9.20 Å². The second-order valence-corrected chi connectivity index (χ2v) is 8.05. The number of rotatable bonds is 3. The van der Waals surface area contributed by atoms with Crippen LogP contribution in [0.15, 0.2) is 17.0 Å². The highest BCUT2D eigenvalue weighted by Crippen LogP contribution is 2.55. The van der Waals surface area contributed by atoms with Crippen LogP contribution in [0.25, 0.3) is 5.52 Å². The molecule has 2 heterocycles. The topological polar surface area (TPSA) is 82.5 Å². The van der Waals surface area contributed by atoms with Crippen molar-refractivity contribution in [2.75, 3.05) is 12.8 Å². The van der Waals surface area contributed by atoms with Gasteiger partial charge in [0, 0.05) is 17.8 Å². The largest absolute Gasteiger partial charge is 0.469 e. The summed E-state index contributed by atoms with van der Waals surface area (Å²) in [5, 5.41) is 0. The van der Waals surface area contributed by atoms with E-state index in [0.717, 1.165) is 24.2 Å². The molecule has 0 aromatic carbocycles. The summed E-state index contributed by atoms with van der Waals surface area (Å²) < 4.78 is 7.81. The number of nitrogens with two attached hydrogens (primary N) is 1. The fourth-order valence-corrected chi connectivity index (χ4v) is 4.68. The molecular formula is C17H23BrN4O2. The molecule has 0 radical (unpaired) electrons. The van der Waals surface area contributed by atoms with E-state index in [-0.39, 0.29) is 17.3 Å². The van der Waals surface area contributed by atoms with Crippen molar-refractivity contribution in [3.63, 3.8) is 0 Å². The lowest BCUT2D eigenvalue weighted by Gasteiger charge is -2.32. The minimum Gasteiger partial charge on any atom is -0.469 e. The van der Waals surface area contributed by atoms with Gasteiger partial charge in [0.05, 0.1) is 12.5 Å². The molecule has 0 saturated heterocycles. The van der Waals surface area contributed by atoms with Gasteiger partial charge in [0.2, 0.25) is 0 Å². The van der Waals surface area contributed by atoms with Crippen molar-refractivity contribution in [2.24, 2.45) is 11.3 Å². The van der Waals surface area contributed by atoms with Gasteiger partial charge in [-0.15, -0.1) is 0 Å². The maximum absolute atomic E-state index is 12.5. The minimum atomic E-state index is -0.472. The van der Waals surface area contributed by atoms with Crippen molar-refractivity contribution >= 4 is 33.2 Å². The zero-order valence-corrected chi connectivity index (χ0v) is 16.1. The SMILES string of the molecule is COC(=O)[C@]1(C(C)C)CC[C@](C)(c2nc(Br)c3c(N)nccn23)C1. The van der Waals surface area contributed by atoms with Gasteiger partial charge in [0.25, 0.3) is 0 Å². The molecule has 1 aliphatic carbocycles. The van der Waals surface area contributed by atoms with Gasteiger partial charge in [-0.1, -0.05) is 20.8 Å². The maximum Gasteiger partial charge on any atom is 0.312 e. The molecule has 7 heteroatoms. The van der Waals surface area contributed by atoms with Crippen molar-refractivity contribution in [2.45, 2.75) is 45.4 Å². The Bertz CT molecular complexity index is 803. The maximum atomic E-state index is 12.5. The standard InChI is InChI=1S/C17H23BrN4O2/c1-10(2)17(15(23)24-4)6-5-16(3,9-17)14-21-12(18)11-13(19)20-7-8-22(11)14/h7-8,10H,5-6,9H2,1-4H3,(H2,19,20)/t16-,17+/m0/s1. The van der Waals surface area contributed by atoms with Gasteiger partial charge < -0.3 is 10.5 Å². The molecule has 130 valence electrons. The van der Waals surface area contributed by atoms with E-state index in [1.165, 1.54) is 7.11 Å². The summed E-state index contributed by atoms with van der Waals surface area (Å²) in [5.74, 6) is 1.42. The Kier molecular flexibility index (Phi) is 4.10. The fourth-order valence-electron chi connectivity index (χ4n) is 4.12. The van der Waals surface area contributed by atoms with Crippen LogP contribution < -0.4 is 5.73 Å². The summed E-state index contributed by atoms with van der Waals surface area (Å²) in [6.45, 7) is 6.34. The van der Waals surface area contributed by atoms with Crippen LogP contribution in [0.1, 0.15) is 45.9 Å². The quantitative estimate of drug-likeness (QED) is 0.807. The van der Waals surface area contributed by atoms with E-state index in [9.17, 15) is 4.79 Å². The van der Waals surface area contributed by atoms with Gasteiger partial charge in [-0.2, -0.15) is 0 Å². The summed E-state index contributed by atoms with van der Waals surface area (Å²) in [7, 11) is 1.47. The predicted molar refractivity (Wildman–Crippen MR) is 95.6 cm³/mol. The monoisotopic (exact) mass is 394 g/mol. The number of ether oxygens (including phenoxy) is 1. The second-order valence-electron chi connectivity index (χ2n) is 7.30. The van der Waals surface area contributed by atoms with Crippen LogP contribution in [-0.4, -0.2) is 27.4 Å². The first-order valence-corrected chi connectivity index (χ1v) is 8.91. The van der Waals surface area contributed by atoms with Crippen molar-refractivity contribution in [1.29, 1.82) is 0 Å². The number of hydrogen-bond acceptors (Lipinski definition) is 5. The number of anilines is 1. The Hall–Kier alpha value is -1.63. The predicted octanol–water partition coefficient (Wildman–Crippen LogP) is 3.33. The third kappa shape index (κ3) is 2.32. The molecule has 2 aromatic rings. The van der Waals surface area contributed by atoms with Gasteiger partial charge in [0.1, 0.15) is 15.9 Å². The van der Waals surface area contributed by atoms with Crippen LogP contribution >= 0.6 is 15.9 Å². The zero-order chi connectivity index (χ0) is 17.7. The molecule has 6 nitrogen and oxygen atoms in total. The molecular weight excluding hydrogens is 372 g/mol. The highest BCUT2D eigenvalue weighted by Gasteiger charge is 2.55. The number of nitrogen functional groups attached to an aromatic ring is 1. The summed E-state index contributed by atoms with van der Waals surface area (Å²) >= 11 is 3.50. The van der Waals surface area contributed by atoms with Crippen LogP contribution in [0.4, 0.5) is 5.82 Å². The molecule has 2 atom stereocenters. The average Bonchev–Trinajstić information content (AvgIpc) is 3.08. The third-order valence-electron chi connectivity index (χ3n) is 5.61. The molecule has 24 heavy (non-hydrogen) atoms. The lowest BCUT2D eigenvalue weighted by Crippen LogP contribution is -2.37. The molecule has 0 bridgehead atoms. The Morgan fingerprint density at radius 3 is 2.79 bits per heavy atom. The van der Waals surface area contributed by atoms with Crippen molar-refractivity contribution < 1.29 is 9.53 Å². The average molecular weight is 395 g/mol. The number of fused-ring (bicyclic) bond motifs is 1. The van der Waals surface area contributed by atoms with E-state index >= 15 is 0 Å². The molecule has 0 aliphatic heterocycles. The highest BCUT2D eigenvalue weighted by atomic mass is 79.9. The fraction of sp³-hybridized carbons (Fsp3) is 0.588. The number of hydrogen-bond donors (Lipinski definition) is 1. The number of methoxy groups -OCH3 is 1. The van der Waals surface area contributed by atoms with E-state index in [4.69, 9.17) is 15.5 Å². The summed E-state index contributed by atoms with van der Waals surface area (Å²) in [6.07, 6.45) is 5.92. The number of aromatic nitrogens is 3. The van der Waals surface area contributed by atoms with Gasteiger partial charge in [-0.05, 0) is 41.1 Å². The molecule has 1 fully saturated rings. The van der Waals surface area contributed by atoms with Gasteiger partial charge in [-0.25, -0.2) is 9.97 Å². The molecule has 2 N–H and O–H groups in total. The van der Waals surface area contributed by atoms with Gasteiger partial charge >= 0.3 is 5.97 Å². The Morgan fingerprint density at radius 1 is 1.46 bits per heavy atom. The molecule has 0 unspecified atom stereocenters. The molecule has 0 amide bonds. The smallest absolute Gasteiger partial charge is 0.312 e. The van der Waals surface area contributed by atoms with Gasteiger partial charge in [0.15, 0.2) is 5.82 Å². The van der Waals surface area contributed by atoms with Crippen LogP contribution in [-0.2, 0) is 14.9 Å². The lowest BCUT2D eigenvalue weighted by molar-refractivity contribution is -0.155. The number of imidazole rings is 1. The van der Waals surface area contributed by atoms with Crippen LogP contribution in [0.2, 0.25) is 0 Å². The van der Waals surface area contributed by atoms with Crippen molar-refractivity contribution in [1.82, 2.24) is 14.4 Å². The van der Waals surface area contributed by atoms with Crippen LogP contribution in [0.3, 0.4) is 0 Å². The highest BCUT2D eigenvalue weighted by molar-refractivity contribution is 9.10. The molecule has 3 rings (SSSR count). The number of nitrogens with zero attached hydrogens (tertiary/aromatic N) is 3. The Morgan fingerprint density at radius 2 is 2.17 bits per heavy atom. The second kappa shape index (κ2) is 5.72. The van der Waals surface area contributed by atoms with Crippen LogP contribution in [0, 0.1) is 11.3 Å². The van der Waals surface area contributed by atoms with E-state index < -0.39 is 5.41 Å². The Balaban J connectivity index is 2.11. The summed E-state index contributed by atoms with van der Waals surface area (Å²) in [6, 6.07) is 0. The summed E-state index contributed by atoms with van der Waals surface area (Å²) in [4.78, 5) is 21.4. The van der Waals surface area contributed by atoms with E-state index in [2.05, 4.69) is 41.7 Å². The Labute approximate surface area is 149 Å². The van der Waals surface area contributed by atoms with Crippen molar-refractivity contribution in [3.05, 3.63) is 22.8 Å². The lowest BCUT2D eigenvalue weighted by atomic mass is 9.72. The minimum absolute atomic E-state index is 0.123. The first kappa shape index (κ1) is 17.2. The number of carbonyl (C=O) groups is 1. The summed E-state index contributed by atoms with van der Waals surface area (Å²) in [5.41, 5.74) is 6.07. The van der Waals surface area contributed by atoms with E-state index in [1.54, 1.807) is 6.20 Å². The van der Waals surface area contributed by atoms with E-state index in [0.29, 0.717) is 16.8 Å². The number of halogens is 1. The number of esters is 1. The first-order chi connectivity index (χ1) is 11.2. The molecule has 1 aliphatic rings. The molecule has 1 saturated carbocycles. The third-order valence-corrected chi connectivity index (χ3v) is 6.16. The van der Waals surface area contributed by atoms with Crippen LogP contribution in [0.5, 0.6) is 0 Å². The van der Waals surface area contributed by atoms with E-state index in [1.807, 2.05) is 10.6 Å². The number of carbonyl (C=O) groups excluding carboxylic acids is 1. The zero-order valence-electron chi connectivity index (χ0n) is 14.5.